The van der Waals surface area contributed by atoms with E-state index in [1.165, 1.54) is 216 Å². The van der Waals surface area contributed by atoms with Crippen LogP contribution in [0.5, 0.6) is 0 Å². The number of carbonyl (C=O) groups is 2. The van der Waals surface area contributed by atoms with E-state index in [0.717, 1.165) is 25.7 Å². The zero-order chi connectivity index (χ0) is 43.6. The molecule has 0 radical (unpaired) electrons. The van der Waals surface area contributed by atoms with Crippen molar-refractivity contribution < 1.29 is 35.5 Å². The van der Waals surface area contributed by atoms with Crippen molar-refractivity contribution in [1.82, 2.24) is 9.80 Å². The van der Waals surface area contributed by atoms with Gasteiger partial charge in [0.1, 0.15) is 0 Å². The van der Waals surface area contributed by atoms with Crippen molar-refractivity contribution in [2.45, 2.75) is 219 Å². The zero-order valence-electron chi connectivity index (χ0n) is 38.4. The average molecular weight is 901 g/mol. The summed E-state index contributed by atoms with van der Waals surface area (Å²) in [6.07, 6.45) is 48.4. The van der Waals surface area contributed by atoms with Gasteiger partial charge in [-0.25, -0.2) is 16.8 Å². The molecule has 0 aromatic heterocycles. The van der Waals surface area contributed by atoms with E-state index >= 15 is 0 Å². The molecule has 0 aromatic carbocycles. The Kier molecular flexibility index (Phi) is 48.4. The first kappa shape index (κ1) is 62.8. The number of nitrogens with zero attached hydrogens (tertiary/aromatic N) is 2. The van der Waals surface area contributed by atoms with Crippen LogP contribution in [0.2, 0.25) is 0 Å². The smallest absolute Gasteiger partial charge is 0.748 e. The second-order valence-electron chi connectivity index (χ2n) is 16.3. The first-order chi connectivity index (χ1) is 27.7. The molecule has 0 bridgehead atoms. The van der Waals surface area contributed by atoms with Gasteiger partial charge in [0, 0.05) is 27.2 Å². The van der Waals surface area contributed by atoms with Crippen LogP contribution in [-0.2, 0) is 29.8 Å². The van der Waals surface area contributed by atoms with Crippen LogP contribution in [-0.4, -0.2) is 124 Å². The number of hydrogen-bond donors (Lipinski definition) is 0. The molecule has 13 heteroatoms. The van der Waals surface area contributed by atoms with Crippen LogP contribution in [0.4, 0.5) is 0 Å². The van der Waals surface area contributed by atoms with E-state index in [0.29, 0.717) is 0 Å². The van der Waals surface area contributed by atoms with Gasteiger partial charge in [-0.2, -0.15) is 0 Å². The van der Waals surface area contributed by atoms with Crippen molar-refractivity contribution in [2.24, 2.45) is 0 Å². The van der Waals surface area contributed by atoms with Gasteiger partial charge >= 0.3 is 37.7 Å². The standard InChI is InChI=1S/2C23H45NO4S.Ca/c2*1-3-4-5-6-7-8-9-10-11-12-13-14-15-16-17-18-19-20-23(25)24(2)21-22-29(26,27)28;/h2*19-20H,3-18,21-22H2,1-2H3,(H,26,27,28);/q;;+2/p-2/b2*20-19+;. The minimum Gasteiger partial charge on any atom is -0.748 e. The molecule has 344 valence electrons. The van der Waals surface area contributed by atoms with Gasteiger partial charge in [-0.15, -0.1) is 0 Å². The van der Waals surface area contributed by atoms with Crippen LogP contribution in [0.15, 0.2) is 24.3 Å². The first-order valence-electron chi connectivity index (χ1n) is 23.4. The molecule has 59 heavy (non-hydrogen) atoms. The number of rotatable bonds is 40. The topological polar surface area (TPSA) is 155 Å². The maximum absolute atomic E-state index is 11.8. The number of hydrogen-bond acceptors (Lipinski definition) is 8. The molecular weight excluding hydrogens is 813 g/mol. The number of likely N-dealkylation sites (N-methyl/N-ethyl adjacent to an activating group) is 2. The van der Waals surface area contributed by atoms with E-state index in [-0.39, 0.29) is 62.6 Å². The monoisotopic (exact) mass is 901 g/mol. The van der Waals surface area contributed by atoms with Crippen molar-refractivity contribution in [3.63, 3.8) is 0 Å². The molecule has 0 unspecified atom stereocenters. The van der Waals surface area contributed by atoms with Gasteiger partial charge in [0.2, 0.25) is 11.8 Å². The summed E-state index contributed by atoms with van der Waals surface area (Å²) in [6.45, 7) is 4.40. The Morgan fingerprint density at radius 2 is 0.610 bits per heavy atom. The Bertz CT molecular complexity index is 1140. The summed E-state index contributed by atoms with van der Waals surface area (Å²) in [5, 5.41) is 0. The van der Waals surface area contributed by atoms with Gasteiger partial charge in [-0.05, 0) is 37.8 Å². The van der Waals surface area contributed by atoms with Crippen LogP contribution < -0.4 is 0 Å². The second kappa shape index (κ2) is 45.5. The maximum atomic E-state index is 11.8. The van der Waals surface area contributed by atoms with Crippen LogP contribution >= 0.6 is 0 Å². The number of unbranched alkanes of at least 4 members (excludes halogenated alkanes) is 30. The summed E-state index contributed by atoms with van der Waals surface area (Å²) in [7, 11) is -5.54. The Morgan fingerprint density at radius 1 is 0.407 bits per heavy atom. The second-order valence-corrected chi connectivity index (χ2v) is 19.4. The van der Waals surface area contributed by atoms with Gasteiger partial charge in [-0.3, -0.25) is 9.59 Å². The summed E-state index contributed by atoms with van der Waals surface area (Å²) >= 11 is 0. The molecule has 0 aliphatic rings. The van der Waals surface area contributed by atoms with Crippen molar-refractivity contribution >= 4 is 69.8 Å². The van der Waals surface area contributed by atoms with Crippen molar-refractivity contribution in [2.75, 3.05) is 38.7 Å². The largest absolute Gasteiger partial charge is 2.00 e. The Morgan fingerprint density at radius 3 is 0.814 bits per heavy atom. The van der Waals surface area contributed by atoms with E-state index < -0.39 is 31.7 Å². The molecule has 0 N–H and O–H groups in total. The molecule has 0 atom stereocenters. The molecule has 2 amide bonds. The number of carbonyl (C=O) groups excluding carboxylic acids is 2. The quantitative estimate of drug-likeness (QED) is 0.0255. The van der Waals surface area contributed by atoms with E-state index in [9.17, 15) is 35.5 Å². The molecule has 0 rings (SSSR count). The summed E-state index contributed by atoms with van der Waals surface area (Å²) in [5.41, 5.74) is 0. The average Bonchev–Trinajstić information content (AvgIpc) is 3.17. The van der Waals surface area contributed by atoms with Gasteiger partial charge in [0.15, 0.2) is 0 Å². The van der Waals surface area contributed by atoms with E-state index in [1.807, 2.05) is 12.2 Å². The fraction of sp³-hybridized carbons (Fsp3) is 0.870. The molecule has 0 aliphatic carbocycles. The third-order valence-corrected chi connectivity index (χ3v) is 11.9. The summed E-state index contributed by atoms with van der Waals surface area (Å²) in [4.78, 5) is 26.0. The number of allylic oxidation sites excluding steroid dienone is 2. The van der Waals surface area contributed by atoms with E-state index in [4.69, 9.17) is 0 Å². The molecule has 0 saturated carbocycles. The summed E-state index contributed by atoms with van der Waals surface area (Å²) in [6, 6.07) is 0. The molecule has 0 aromatic rings. The van der Waals surface area contributed by atoms with Gasteiger partial charge in [0.05, 0.1) is 31.7 Å². The molecule has 0 spiro atoms. The predicted octanol–water partition coefficient (Wildman–Crippen LogP) is 11.2. The minimum atomic E-state index is -4.27. The Hall–Kier alpha value is -0.500. The summed E-state index contributed by atoms with van der Waals surface area (Å²) < 4.78 is 63.4. The molecule has 0 fully saturated rings. The van der Waals surface area contributed by atoms with Crippen LogP contribution in [0.1, 0.15) is 219 Å². The van der Waals surface area contributed by atoms with Gasteiger partial charge in [-0.1, -0.05) is 206 Å². The molecule has 0 heterocycles. The molecular formula is C46H88CaN2O8S2. The van der Waals surface area contributed by atoms with Crippen LogP contribution in [0, 0.1) is 0 Å². The molecule has 0 saturated heterocycles. The van der Waals surface area contributed by atoms with Crippen molar-refractivity contribution in [3.05, 3.63) is 24.3 Å². The molecule has 10 nitrogen and oxygen atoms in total. The predicted molar refractivity (Wildman–Crippen MR) is 248 cm³/mol. The van der Waals surface area contributed by atoms with E-state index in [1.54, 1.807) is 0 Å². The third kappa shape index (κ3) is 53.6. The fourth-order valence-electron chi connectivity index (χ4n) is 6.61. The Labute approximate surface area is 394 Å². The fourth-order valence-corrected chi connectivity index (χ4v) is 7.60. The maximum Gasteiger partial charge on any atom is 2.00 e. The van der Waals surface area contributed by atoms with Crippen LogP contribution in [0.3, 0.4) is 0 Å². The van der Waals surface area contributed by atoms with Crippen LogP contribution in [0.25, 0.3) is 0 Å². The Balaban J connectivity index is -0.00000105. The summed E-state index contributed by atoms with van der Waals surface area (Å²) in [5.74, 6) is -1.59. The van der Waals surface area contributed by atoms with Crippen molar-refractivity contribution in [3.8, 4) is 0 Å². The SMILES string of the molecule is CCCCCCCCCCCCCCCCC/C=C/C(=O)N(C)CCS(=O)(=O)[O-].CCCCCCCCCCCCCCCCC/C=C/C(=O)N(C)CCS(=O)(=O)[O-].[Ca+2]. The van der Waals surface area contributed by atoms with Gasteiger partial charge < -0.3 is 18.9 Å². The first-order valence-corrected chi connectivity index (χ1v) is 26.6. The normalized spacial score (nSPS) is 11.8. The molecule has 0 aliphatic heterocycles. The van der Waals surface area contributed by atoms with Crippen molar-refractivity contribution in [1.29, 1.82) is 0 Å². The zero-order valence-corrected chi connectivity index (χ0v) is 42.3. The minimum absolute atomic E-state index is 0. The number of amides is 2. The van der Waals surface area contributed by atoms with E-state index in [2.05, 4.69) is 13.8 Å². The van der Waals surface area contributed by atoms with Gasteiger partial charge in [0.25, 0.3) is 0 Å². The third-order valence-electron chi connectivity index (χ3n) is 10.6.